The molecule has 0 unspecified atom stereocenters. The Labute approximate surface area is 146 Å². The largest absolute Gasteiger partial charge is 0.427 e. The zero-order chi connectivity index (χ0) is 17.1. The molecule has 0 bridgehead atoms. The van der Waals surface area contributed by atoms with Gasteiger partial charge >= 0.3 is 0 Å². The monoisotopic (exact) mass is 344 g/mol. The van der Waals surface area contributed by atoms with E-state index >= 15 is 0 Å². The van der Waals surface area contributed by atoms with Crippen molar-refractivity contribution in [2.75, 3.05) is 32.7 Å². The Hall–Kier alpha value is -2.06. The van der Waals surface area contributed by atoms with Crippen molar-refractivity contribution < 1.29 is 4.42 Å². The molecule has 1 saturated heterocycles. The highest BCUT2D eigenvalue weighted by atomic mass is 16.4. The van der Waals surface area contributed by atoms with E-state index in [1.54, 1.807) is 10.7 Å². The van der Waals surface area contributed by atoms with E-state index in [1.165, 1.54) is 19.2 Å². The smallest absolute Gasteiger partial charge is 0.267 e. The van der Waals surface area contributed by atoms with Crippen molar-refractivity contribution in [3.63, 3.8) is 0 Å². The number of aromatic nitrogens is 4. The average molecular weight is 344 g/mol. The molecule has 2 aliphatic rings. The molecule has 1 aliphatic carbocycles. The van der Waals surface area contributed by atoms with Crippen LogP contribution in [0, 0.1) is 0 Å². The van der Waals surface area contributed by atoms with Crippen LogP contribution in [0.3, 0.4) is 0 Å². The summed E-state index contributed by atoms with van der Waals surface area (Å²) in [5.74, 6) is 0.665. The summed E-state index contributed by atoms with van der Waals surface area (Å²) in [4.78, 5) is 16.9. The standard InChI is InChI=1S/C17H24N6O2/c24-17-11-14-3-1-2-4-15(14)20-23(17)10-9-21-5-7-22(8-6-21)12-16-19-18-13-25-16/h11,13H,1-10,12H2. The van der Waals surface area contributed by atoms with E-state index in [2.05, 4.69) is 25.1 Å². The van der Waals surface area contributed by atoms with Crippen LogP contribution in [0.15, 0.2) is 21.7 Å². The summed E-state index contributed by atoms with van der Waals surface area (Å²) in [6.07, 6.45) is 5.73. The molecule has 8 nitrogen and oxygen atoms in total. The Kier molecular flexibility index (Phi) is 4.89. The zero-order valence-corrected chi connectivity index (χ0v) is 14.4. The van der Waals surface area contributed by atoms with Crippen LogP contribution in [0.2, 0.25) is 0 Å². The molecular formula is C17H24N6O2. The molecule has 2 aromatic rings. The van der Waals surface area contributed by atoms with Gasteiger partial charge in [-0.1, -0.05) is 0 Å². The second kappa shape index (κ2) is 7.45. The Balaban J connectivity index is 1.29. The number of hydrogen-bond donors (Lipinski definition) is 0. The second-order valence-corrected chi connectivity index (χ2v) is 6.84. The minimum absolute atomic E-state index is 0.0377. The summed E-state index contributed by atoms with van der Waals surface area (Å²) < 4.78 is 6.85. The van der Waals surface area contributed by atoms with Crippen LogP contribution in [0.25, 0.3) is 0 Å². The third kappa shape index (κ3) is 3.96. The van der Waals surface area contributed by atoms with Crippen LogP contribution in [-0.4, -0.2) is 62.5 Å². The van der Waals surface area contributed by atoms with Crippen molar-refractivity contribution in [3.8, 4) is 0 Å². The molecule has 0 amide bonds. The molecule has 0 atom stereocenters. The molecule has 134 valence electrons. The minimum Gasteiger partial charge on any atom is -0.427 e. The van der Waals surface area contributed by atoms with Crippen LogP contribution >= 0.6 is 0 Å². The number of fused-ring (bicyclic) bond motifs is 1. The van der Waals surface area contributed by atoms with Crippen LogP contribution in [-0.2, 0) is 25.9 Å². The fourth-order valence-electron chi connectivity index (χ4n) is 3.62. The fraction of sp³-hybridized carbons (Fsp3) is 0.647. The summed E-state index contributed by atoms with van der Waals surface area (Å²) in [6.45, 7) is 6.13. The van der Waals surface area contributed by atoms with Gasteiger partial charge < -0.3 is 4.42 Å². The van der Waals surface area contributed by atoms with Crippen molar-refractivity contribution in [2.45, 2.75) is 38.8 Å². The third-order valence-corrected chi connectivity index (χ3v) is 5.13. The van der Waals surface area contributed by atoms with Gasteiger partial charge in [0.15, 0.2) is 0 Å². The highest BCUT2D eigenvalue weighted by molar-refractivity contribution is 5.20. The quantitative estimate of drug-likeness (QED) is 0.773. The number of hydrogen-bond acceptors (Lipinski definition) is 7. The minimum atomic E-state index is 0.0377. The van der Waals surface area contributed by atoms with Gasteiger partial charge in [0, 0.05) is 38.8 Å². The SMILES string of the molecule is O=c1cc2c(nn1CCN1CCN(Cc3nnco3)CC1)CCCC2. The fourth-order valence-corrected chi connectivity index (χ4v) is 3.62. The highest BCUT2D eigenvalue weighted by Crippen LogP contribution is 2.16. The molecule has 8 heteroatoms. The molecule has 3 heterocycles. The van der Waals surface area contributed by atoms with Gasteiger partial charge in [-0.15, -0.1) is 10.2 Å². The van der Waals surface area contributed by atoms with Gasteiger partial charge in [0.05, 0.1) is 18.8 Å². The lowest BCUT2D eigenvalue weighted by Gasteiger charge is -2.33. The Morgan fingerprint density at radius 1 is 1.04 bits per heavy atom. The molecule has 0 aromatic carbocycles. The van der Waals surface area contributed by atoms with Crippen LogP contribution in [0.4, 0.5) is 0 Å². The number of piperazine rings is 1. The van der Waals surface area contributed by atoms with Gasteiger partial charge in [0.2, 0.25) is 12.3 Å². The van der Waals surface area contributed by atoms with Crippen molar-refractivity contribution >= 4 is 0 Å². The molecule has 4 rings (SSSR count). The van der Waals surface area contributed by atoms with E-state index in [0.29, 0.717) is 19.0 Å². The van der Waals surface area contributed by atoms with E-state index in [-0.39, 0.29) is 5.56 Å². The normalized spacial score (nSPS) is 19.0. The van der Waals surface area contributed by atoms with E-state index < -0.39 is 0 Å². The highest BCUT2D eigenvalue weighted by Gasteiger charge is 2.19. The van der Waals surface area contributed by atoms with E-state index in [9.17, 15) is 4.79 Å². The van der Waals surface area contributed by atoms with E-state index in [4.69, 9.17) is 4.42 Å². The van der Waals surface area contributed by atoms with Crippen molar-refractivity contribution in [1.29, 1.82) is 0 Å². The first-order chi connectivity index (χ1) is 12.3. The maximum atomic E-state index is 12.2. The van der Waals surface area contributed by atoms with E-state index in [0.717, 1.165) is 56.8 Å². The summed E-state index contributed by atoms with van der Waals surface area (Å²) in [7, 11) is 0. The first-order valence-electron chi connectivity index (χ1n) is 9.07. The summed E-state index contributed by atoms with van der Waals surface area (Å²) in [6, 6.07) is 1.80. The summed E-state index contributed by atoms with van der Waals surface area (Å²) >= 11 is 0. The molecule has 0 saturated carbocycles. The lowest BCUT2D eigenvalue weighted by atomic mass is 9.97. The first kappa shape index (κ1) is 16.4. The van der Waals surface area contributed by atoms with Crippen molar-refractivity contribution in [3.05, 3.63) is 40.0 Å². The average Bonchev–Trinajstić information content (AvgIpc) is 3.14. The molecule has 25 heavy (non-hydrogen) atoms. The lowest BCUT2D eigenvalue weighted by Crippen LogP contribution is -2.47. The van der Waals surface area contributed by atoms with Gasteiger partial charge in [-0.2, -0.15) is 5.10 Å². The van der Waals surface area contributed by atoms with Gasteiger partial charge in [-0.25, -0.2) is 4.68 Å². The van der Waals surface area contributed by atoms with Gasteiger partial charge in [-0.05, 0) is 31.2 Å². The number of aryl methyl sites for hydroxylation is 2. The number of rotatable bonds is 5. The lowest BCUT2D eigenvalue weighted by molar-refractivity contribution is 0.115. The summed E-state index contributed by atoms with van der Waals surface area (Å²) in [5, 5.41) is 12.2. The Bertz CT molecular complexity index is 749. The Morgan fingerprint density at radius 2 is 1.84 bits per heavy atom. The van der Waals surface area contributed by atoms with Crippen molar-refractivity contribution in [2.24, 2.45) is 0 Å². The van der Waals surface area contributed by atoms with Crippen LogP contribution in [0.5, 0.6) is 0 Å². The molecule has 2 aromatic heterocycles. The van der Waals surface area contributed by atoms with Crippen LogP contribution < -0.4 is 5.56 Å². The molecule has 0 N–H and O–H groups in total. The van der Waals surface area contributed by atoms with Gasteiger partial charge in [0.25, 0.3) is 5.56 Å². The first-order valence-corrected chi connectivity index (χ1v) is 9.07. The maximum Gasteiger partial charge on any atom is 0.267 e. The maximum absolute atomic E-state index is 12.2. The topological polar surface area (TPSA) is 80.3 Å². The second-order valence-electron chi connectivity index (χ2n) is 6.84. The molecule has 1 aliphatic heterocycles. The predicted octanol–water partition coefficient (Wildman–Crippen LogP) is 0.323. The van der Waals surface area contributed by atoms with Crippen LogP contribution in [0.1, 0.15) is 30.0 Å². The number of nitrogens with zero attached hydrogens (tertiary/aromatic N) is 6. The molecule has 1 fully saturated rings. The molecule has 0 spiro atoms. The third-order valence-electron chi connectivity index (χ3n) is 5.13. The summed E-state index contributed by atoms with van der Waals surface area (Å²) in [5.41, 5.74) is 2.31. The molecular weight excluding hydrogens is 320 g/mol. The zero-order valence-electron chi connectivity index (χ0n) is 14.4. The predicted molar refractivity (Wildman–Crippen MR) is 91.2 cm³/mol. The Morgan fingerprint density at radius 3 is 2.64 bits per heavy atom. The molecule has 0 radical (unpaired) electrons. The van der Waals surface area contributed by atoms with Gasteiger partial charge in [-0.3, -0.25) is 14.6 Å². The van der Waals surface area contributed by atoms with Crippen molar-refractivity contribution in [1.82, 2.24) is 29.8 Å². The van der Waals surface area contributed by atoms with Gasteiger partial charge in [0.1, 0.15) is 0 Å². The van der Waals surface area contributed by atoms with E-state index in [1.807, 2.05) is 0 Å².